The van der Waals surface area contributed by atoms with Gasteiger partial charge in [-0.2, -0.15) is 0 Å². The molecule has 0 saturated carbocycles. The average Bonchev–Trinajstić information content (AvgIpc) is 4.14. The highest BCUT2D eigenvalue weighted by Crippen LogP contribution is 2.48. The maximum absolute atomic E-state index is 13.9. The van der Waals surface area contributed by atoms with Gasteiger partial charge in [-0.25, -0.2) is 19.6 Å². The van der Waals surface area contributed by atoms with Crippen molar-refractivity contribution in [1.29, 1.82) is 0 Å². The standard InChI is InChI=1S/C48H65N9O6/c1-9-13-33-39-31(29-17-19-30(20-18-29)35-25-49-43(52-35)37-15-11-23-56(37)45(58)41(27(3)4)54-47(60)62-7)21-22-32(40(39)34(51-33)14-10-2)36-26-50-44(53-36)38-16-12-24-57(38)46(59)42(28(5)6)55-48(61)63-8/h17-22,25-28,33-34,37-38,41-42,51H,9-16,23-24H2,1-8H3,(H,49,52)(H,50,53)(H,54,60)(H,55,61). The van der Waals surface area contributed by atoms with Crippen LogP contribution >= 0.6 is 0 Å². The number of amides is 4. The quantitative estimate of drug-likeness (QED) is 0.0781. The minimum atomic E-state index is -0.701. The highest BCUT2D eigenvalue weighted by molar-refractivity contribution is 5.87. The molecule has 3 aliphatic rings. The number of carbonyl (C=O) groups excluding carboxylic acids is 4. The van der Waals surface area contributed by atoms with Gasteiger partial charge >= 0.3 is 12.2 Å². The zero-order chi connectivity index (χ0) is 44.9. The Kier molecular flexibility index (Phi) is 14.2. The second kappa shape index (κ2) is 19.8. The lowest BCUT2D eigenvalue weighted by Gasteiger charge is -2.30. The molecule has 15 nitrogen and oxygen atoms in total. The van der Waals surface area contributed by atoms with E-state index in [2.05, 4.69) is 76.2 Å². The van der Waals surface area contributed by atoms with Crippen molar-refractivity contribution >= 4 is 24.0 Å². The monoisotopic (exact) mass is 864 g/mol. The molecule has 2 saturated heterocycles. The number of hydrogen-bond donors (Lipinski definition) is 5. The normalized spacial score (nSPS) is 20.5. The summed E-state index contributed by atoms with van der Waals surface area (Å²) in [6.07, 6.45) is 9.80. The van der Waals surface area contributed by atoms with E-state index in [1.165, 1.54) is 30.9 Å². The van der Waals surface area contributed by atoms with Crippen molar-refractivity contribution < 1.29 is 28.7 Å². The van der Waals surface area contributed by atoms with E-state index in [1.807, 2.05) is 49.9 Å². The lowest BCUT2D eigenvalue weighted by Crippen LogP contribution is -2.51. The van der Waals surface area contributed by atoms with E-state index in [9.17, 15) is 19.2 Å². The van der Waals surface area contributed by atoms with Crippen LogP contribution in [0.2, 0.25) is 0 Å². The summed E-state index contributed by atoms with van der Waals surface area (Å²) >= 11 is 0. The van der Waals surface area contributed by atoms with Gasteiger partial charge < -0.3 is 45.2 Å². The van der Waals surface area contributed by atoms with E-state index in [1.54, 1.807) is 0 Å². The fraction of sp³-hybridized carbons (Fsp3) is 0.542. The van der Waals surface area contributed by atoms with Gasteiger partial charge in [0.1, 0.15) is 23.7 Å². The highest BCUT2D eigenvalue weighted by Gasteiger charge is 2.40. The van der Waals surface area contributed by atoms with Gasteiger partial charge in [0.2, 0.25) is 11.8 Å². The molecule has 6 atom stereocenters. The smallest absolute Gasteiger partial charge is 0.407 e. The average molecular weight is 864 g/mol. The third-order valence-corrected chi connectivity index (χ3v) is 13.0. The topological polar surface area (TPSA) is 187 Å². The second-order valence-corrected chi connectivity index (χ2v) is 17.9. The second-order valence-electron chi connectivity index (χ2n) is 17.9. The van der Waals surface area contributed by atoms with Crippen LogP contribution in [0.1, 0.15) is 140 Å². The number of aromatic amines is 2. The van der Waals surface area contributed by atoms with Crippen molar-refractivity contribution in [2.45, 2.75) is 129 Å². The molecule has 4 amide bonds. The number of fused-ring (bicyclic) bond motifs is 1. The maximum atomic E-state index is 13.9. The number of methoxy groups -OCH3 is 2. The third-order valence-electron chi connectivity index (χ3n) is 13.0. The number of hydrogen-bond acceptors (Lipinski definition) is 9. The third kappa shape index (κ3) is 9.34. The number of aromatic nitrogens is 4. The molecule has 3 aliphatic heterocycles. The molecule has 6 unspecified atom stereocenters. The summed E-state index contributed by atoms with van der Waals surface area (Å²) in [6.45, 7) is 13.3. The molecule has 5 heterocycles. The first-order valence-corrected chi connectivity index (χ1v) is 22.8. The molecular formula is C48H65N9O6. The molecule has 0 aliphatic carbocycles. The molecule has 15 heteroatoms. The van der Waals surface area contributed by atoms with E-state index in [-0.39, 0.29) is 47.8 Å². The molecule has 63 heavy (non-hydrogen) atoms. The van der Waals surface area contributed by atoms with Crippen molar-refractivity contribution in [3.8, 4) is 33.6 Å². The Morgan fingerprint density at radius 1 is 0.667 bits per heavy atom. The zero-order valence-corrected chi connectivity index (χ0v) is 38.0. The molecule has 2 fully saturated rings. The van der Waals surface area contributed by atoms with Crippen LogP contribution in [0.5, 0.6) is 0 Å². The molecule has 0 radical (unpaired) electrons. The molecule has 0 spiro atoms. The van der Waals surface area contributed by atoms with Gasteiger partial charge in [-0.05, 0) is 78.2 Å². The van der Waals surface area contributed by atoms with Gasteiger partial charge in [0.05, 0.1) is 50.1 Å². The first kappa shape index (κ1) is 45.3. The fourth-order valence-corrected chi connectivity index (χ4v) is 9.83. The summed E-state index contributed by atoms with van der Waals surface area (Å²) in [5.74, 6) is 0.982. The molecule has 7 rings (SSSR count). The molecule has 4 aromatic rings. The van der Waals surface area contributed by atoms with Crippen molar-refractivity contribution in [2.24, 2.45) is 11.8 Å². The number of likely N-dealkylation sites (tertiary alicyclic amines) is 2. The number of rotatable bonds is 15. The van der Waals surface area contributed by atoms with Gasteiger partial charge in [-0.1, -0.05) is 90.8 Å². The van der Waals surface area contributed by atoms with Gasteiger partial charge in [-0.15, -0.1) is 0 Å². The van der Waals surface area contributed by atoms with E-state index >= 15 is 0 Å². The molecule has 2 aromatic carbocycles. The van der Waals surface area contributed by atoms with Crippen molar-refractivity contribution in [3.05, 3.63) is 71.6 Å². The van der Waals surface area contributed by atoms with Gasteiger partial charge in [0.15, 0.2) is 0 Å². The van der Waals surface area contributed by atoms with Crippen molar-refractivity contribution in [1.82, 2.24) is 45.7 Å². The molecule has 2 aromatic heterocycles. The largest absolute Gasteiger partial charge is 0.453 e. The van der Waals surface area contributed by atoms with Crippen LogP contribution in [0.3, 0.4) is 0 Å². The van der Waals surface area contributed by atoms with Crippen LogP contribution in [0.25, 0.3) is 33.6 Å². The lowest BCUT2D eigenvalue weighted by molar-refractivity contribution is -0.136. The van der Waals surface area contributed by atoms with Crippen molar-refractivity contribution in [2.75, 3.05) is 27.3 Å². The summed E-state index contributed by atoms with van der Waals surface area (Å²) < 4.78 is 9.63. The number of imidazole rings is 2. The Hall–Kier alpha value is -5.70. The number of benzene rings is 2. The number of alkyl carbamates (subject to hydrolysis) is 2. The van der Waals surface area contributed by atoms with Crippen LogP contribution in [0.15, 0.2) is 48.8 Å². The van der Waals surface area contributed by atoms with E-state index in [0.29, 0.717) is 13.1 Å². The zero-order valence-electron chi connectivity index (χ0n) is 38.0. The summed E-state index contributed by atoms with van der Waals surface area (Å²) in [6, 6.07) is 11.6. The lowest BCUT2D eigenvalue weighted by atomic mass is 9.86. The Labute approximate surface area is 370 Å². The maximum Gasteiger partial charge on any atom is 0.407 e. The number of ether oxygens (including phenoxy) is 2. The summed E-state index contributed by atoms with van der Waals surface area (Å²) in [5.41, 5.74) is 8.83. The fourth-order valence-electron chi connectivity index (χ4n) is 9.83. The first-order valence-electron chi connectivity index (χ1n) is 22.8. The minimum Gasteiger partial charge on any atom is -0.453 e. The van der Waals surface area contributed by atoms with E-state index < -0.39 is 24.3 Å². The van der Waals surface area contributed by atoms with E-state index in [0.717, 1.165) is 91.1 Å². The summed E-state index contributed by atoms with van der Waals surface area (Å²) in [4.78, 5) is 72.3. The predicted octanol–water partition coefficient (Wildman–Crippen LogP) is 8.51. The number of nitrogens with one attached hydrogen (secondary N) is 5. The first-order chi connectivity index (χ1) is 30.4. The Morgan fingerprint density at radius 3 is 1.59 bits per heavy atom. The SMILES string of the molecule is CCCC1NC(CCC)c2c(-c3cnc(C4CCCN4C(=O)C(NC(=O)OC)C(C)C)[nH]3)ccc(-c3ccc(-c4cnc(C5CCCN5C(=O)C(NC(=O)OC)C(C)C)[nH]4)cc3)c21. The van der Waals surface area contributed by atoms with Gasteiger partial charge in [-0.3, -0.25) is 9.59 Å². The minimum absolute atomic E-state index is 0.112. The highest BCUT2D eigenvalue weighted by atomic mass is 16.5. The molecule has 338 valence electrons. The van der Waals surface area contributed by atoms with Crippen LogP contribution in [-0.2, 0) is 19.1 Å². The van der Waals surface area contributed by atoms with Gasteiger partial charge in [0, 0.05) is 30.7 Å². The van der Waals surface area contributed by atoms with Crippen LogP contribution < -0.4 is 16.0 Å². The number of nitrogens with zero attached hydrogens (tertiary/aromatic N) is 4. The van der Waals surface area contributed by atoms with E-state index in [4.69, 9.17) is 19.4 Å². The summed E-state index contributed by atoms with van der Waals surface area (Å²) in [7, 11) is 2.60. The molecule has 0 bridgehead atoms. The number of carbonyl (C=O) groups is 4. The van der Waals surface area contributed by atoms with Crippen LogP contribution in [0, 0.1) is 11.8 Å². The van der Waals surface area contributed by atoms with Gasteiger partial charge in [0.25, 0.3) is 0 Å². The molecular weight excluding hydrogens is 799 g/mol. The Bertz CT molecular complexity index is 2250. The van der Waals surface area contributed by atoms with Crippen molar-refractivity contribution in [3.63, 3.8) is 0 Å². The Balaban J connectivity index is 1.16. The molecule has 5 N–H and O–H groups in total. The predicted molar refractivity (Wildman–Crippen MR) is 241 cm³/mol. The van der Waals surface area contributed by atoms with Crippen LogP contribution in [0.4, 0.5) is 9.59 Å². The summed E-state index contributed by atoms with van der Waals surface area (Å²) in [5, 5.41) is 9.47. The number of H-pyrrole nitrogens is 2. The Morgan fingerprint density at radius 2 is 1.11 bits per heavy atom. The van der Waals surface area contributed by atoms with Crippen LogP contribution in [-0.4, -0.2) is 93.1 Å².